The Morgan fingerprint density at radius 3 is 2.43 bits per heavy atom. The maximum Gasteiger partial charge on any atom is 0.335 e. The van der Waals surface area contributed by atoms with E-state index in [4.69, 9.17) is 0 Å². The van der Waals surface area contributed by atoms with Gasteiger partial charge in [0.25, 0.3) is 0 Å². The van der Waals surface area contributed by atoms with E-state index in [2.05, 4.69) is 15.1 Å². The van der Waals surface area contributed by atoms with E-state index in [1.807, 2.05) is 54.6 Å². The smallest absolute Gasteiger partial charge is 0.335 e. The molecule has 1 N–H and O–H groups in total. The molecule has 3 heterocycles. The Kier molecular flexibility index (Phi) is 4.29. The van der Waals surface area contributed by atoms with Crippen LogP contribution in [0.5, 0.6) is 0 Å². The first-order valence-electron chi connectivity index (χ1n) is 9.38. The zero-order valence-corrected chi connectivity index (χ0v) is 15.8. The molecule has 5 aromatic rings. The Morgan fingerprint density at radius 1 is 0.767 bits per heavy atom. The van der Waals surface area contributed by atoms with Crippen molar-refractivity contribution in [3.8, 4) is 33.6 Å². The standard InChI is InChI=1S/C24H16N4O2/c29-24(30)19-8-4-7-17(11-19)20-13-23-26-15-22(28(23)27-14-20)18-9-10-25-21(12-18)16-5-2-1-3-6-16/h1-15H,(H,29,30). The van der Waals surface area contributed by atoms with Crippen LogP contribution in [0.2, 0.25) is 0 Å². The van der Waals surface area contributed by atoms with Crippen molar-refractivity contribution in [2.45, 2.75) is 0 Å². The average Bonchev–Trinajstić information content (AvgIpc) is 3.23. The van der Waals surface area contributed by atoms with Crippen molar-refractivity contribution in [3.63, 3.8) is 0 Å². The molecule has 0 spiro atoms. The maximum absolute atomic E-state index is 11.2. The van der Waals surface area contributed by atoms with E-state index in [0.29, 0.717) is 5.65 Å². The average molecular weight is 392 g/mol. The number of imidazole rings is 1. The summed E-state index contributed by atoms with van der Waals surface area (Å²) < 4.78 is 1.77. The summed E-state index contributed by atoms with van der Waals surface area (Å²) in [6.45, 7) is 0. The SMILES string of the molecule is O=C(O)c1cccc(-c2cnn3c(-c4ccnc(-c5ccccc5)c4)cnc3c2)c1. The molecular formula is C24H16N4O2. The molecule has 0 aliphatic heterocycles. The maximum atomic E-state index is 11.2. The second-order valence-electron chi connectivity index (χ2n) is 6.84. The van der Waals surface area contributed by atoms with Gasteiger partial charge in [-0.1, -0.05) is 42.5 Å². The van der Waals surface area contributed by atoms with E-state index in [1.54, 1.807) is 41.3 Å². The summed E-state index contributed by atoms with van der Waals surface area (Å²) in [6.07, 6.45) is 5.28. The van der Waals surface area contributed by atoms with Crippen molar-refractivity contribution in [2.75, 3.05) is 0 Å². The van der Waals surface area contributed by atoms with Gasteiger partial charge >= 0.3 is 5.97 Å². The number of nitrogens with zero attached hydrogens (tertiary/aromatic N) is 4. The third-order valence-corrected chi connectivity index (χ3v) is 4.93. The molecule has 5 rings (SSSR count). The highest BCUT2D eigenvalue weighted by Crippen LogP contribution is 2.27. The molecule has 0 aliphatic rings. The van der Waals surface area contributed by atoms with Crippen LogP contribution in [-0.4, -0.2) is 30.7 Å². The zero-order valence-electron chi connectivity index (χ0n) is 15.8. The molecular weight excluding hydrogens is 376 g/mol. The van der Waals surface area contributed by atoms with Gasteiger partial charge in [0.2, 0.25) is 0 Å². The minimum absolute atomic E-state index is 0.238. The normalized spacial score (nSPS) is 10.9. The van der Waals surface area contributed by atoms with Gasteiger partial charge in [-0.2, -0.15) is 5.10 Å². The van der Waals surface area contributed by atoms with Crippen molar-refractivity contribution in [3.05, 3.63) is 97.0 Å². The van der Waals surface area contributed by atoms with E-state index in [9.17, 15) is 9.90 Å². The molecule has 0 fully saturated rings. The van der Waals surface area contributed by atoms with Crippen LogP contribution >= 0.6 is 0 Å². The Balaban J connectivity index is 1.55. The first kappa shape index (κ1) is 17.8. The van der Waals surface area contributed by atoms with Crippen molar-refractivity contribution in [2.24, 2.45) is 0 Å². The largest absolute Gasteiger partial charge is 0.478 e. The highest BCUT2D eigenvalue weighted by atomic mass is 16.4. The Hall–Kier alpha value is -4.32. The van der Waals surface area contributed by atoms with Crippen LogP contribution in [0.15, 0.2) is 91.4 Å². The molecule has 0 aliphatic carbocycles. The molecule has 0 amide bonds. The minimum atomic E-state index is -0.958. The number of hydrogen-bond donors (Lipinski definition) is 1. The predicted molar refractivity (Wildman–Crippen MR) is 114 cm³/mol. The number of benzene rings is 2. The van der Waals surface area contributed by atoms with Crippen LogP contribution in [0.25, 0.3) is 39.3 Å². The lowest BCUT2D eigenvalue weighted by molar-refractivity contribution is 0.0697. The molecule has 0 atom stereocenters. The predicted octanol–water partition coefficient (Wildman–Crippen LogP) is 4.82. The molecule has 0 unspecified atom stereocenters. The fraction of sp³-hybridized carbons (Fsp3) is 0. The molecule has 0 bridgehead atoms. The summed E-state index contributed by atoms with van der Waals surface area (Å²) in [6, 6.07) is 22.6. The summed E-state index contributed by atoms with van der Waals surface area (Å²) in [7, 11) is 0. The lowest BCUT2D eigenvalue weighted by Gasteiger charge is -2.06. The van der Waals surface area contributed by atoms with E-state index < -0.39 is 5.97 Å². The lowest BCUT2D eigenvalue weighted by Crippen LogP contribution is -1.97. The summed E-state index contributed by atoms with van der Waals surface area (Å²) in [4.78, 5) is 20.2. The number of carboxylic acid groups (broad SMARTS) is 1. The second-order valence-corrected chi connectivity index (χ2v) is 6.84. The van der Waals surface area contributed by atoms with Gasteiger partial charge in [-0.15, -0.1) is 0 Å². The number of rotatable bonds is 4. The third kappa shape index (κ3) is 3.20. The number of pyridine rings is 1. The van der Waals surface area contributed by atoms with Gasteiger partial charge in [0.05, 0.1) is 29.3 Å². The van der Waals surface area contributed by atoms with Crippen molar-refractivity contribution < 1.29 is 9.90 Å². The van der Waals surface area contributed by atoms with Crippen molar-refractivity contribution >= 4 is 11.6 Å². The number of carboxylic acids is 1. The monoisotopic (exact) mass is 392 g/mol. The van der Waals surface area contributed by atoms with Gasteiger partial charge in [-0.3, -0.25) is 4.98 Å². The Morgan fingerprint density at radius 2 is 1.60 bits per heavy atom. The molecule has 3 aromatic heterocycles. The molecule has 30 heavy (non-hydrogen) atoms. The van der Waals surface area contributed by atoms with Crippen LogP contribution in [0.3, 0.4) is 0 Å². The molecule has 6 heteroatoms. The first-order valence-corrected chi connectivity index (χ1v) is 9.38. The number of aromatic nitrogens is 4. The van der Waals surface area contributed by atoms with Gasteiger partial charge in [0.1, 0.15) is 0 Å². The van der Waals surface area contributed by atoms with E-state index in [-0.39, 0.29) is 5.56 Å². The number of fused-ring (bicyclic) bond motifs is 1. The lowest BCUT2D eigenvalue weighted by atomic mass is 10.1. The highest BCUT2D eigenvalue weighted by Gasteiger charge is 2.11. The summed E-state index contributed by atoms with van der Waals surface area (Å²) in [5, 5.41) is 13.8. The fourth-order valence-corrected chi connectivity index (χ4v) is 3.42. The van der Waals surface area contributed by atoms with E-state index in [1.165, 1.54) is 0 Å². The molecule has 2 aromatic carbocycles. The molecule has 0 radical (unpaired) electrons. The number of carbonyl (C=O) groups is 1. The Labute approximate surface area is 172 Å². The second kappa shape index (κ2) is 7.25. The third-order valence-electron chi connectivity index (χ3n) is 4.93. The summed E-state index contributed by atoms with van der Waals surface area (Å²) in [5.74, 6) is -0.958. The van der Waals surface area contributed by atoms with Gasteiger partial charge < -0.3 is 5.11 Å². The van der Waals surface area contributed by atoms with E-state index in [0.717, 1.165) is 33.6 Å². The van der Waals surface area contributed by atoms with E-state index >= 15 is 0 Å². The van der Waals surface area contributed by atoms with Crippen molar-refractivity contribution in [1.29, 1.82) is 0 Å². The van der Waals surface area contributed by atoms with Crippen LogP contribution in [0.4, 0.5) is 0 Å². The van der Waals surface area contributed by atoms with Gasteiger partial charge in [-0.05, 0) is 35.9 Å². The number of aromatic carboxylic acids is 1. The number of hydrogen-bond acceptors (Lipinski definition) is 4. The van der Waals surface area contributed by atoms with Crippen LogP contribution in [-0.2, 0) is 0 Å². The van der Waals surface area contributed by atoms with Gasteiger partial charge in [-0.25, -0.2) is 14.3 Å². The fourth-order valence-electron chi connectivity index (χ4n) is 3.42. The van der Waals surface area contributed by atoms with Gasteiger partial charge in [0, 0.05) is 22.9 Å². The zero-order chi connectivity index (χ0) is 20.5. The van der Waals surface area contributed by atoms with Crippen molar-refractivity contribution in [1.82, 2.24) is 19.6 Å². The Bertz CT molecular complexity index is 1380. The quantitative estimate of drug-likeness (QED) is 0.474. The molecule has 6 nitrogen and oxygen atoms in total. The molecule has 144 valence electrons. The van der Waals surface area contributed by atoms with Crippen LogP contribution in [0.1, 0.15) is 10.4 Å². The van der Waals surface area contributed by atoms with Crippen LogP contribution < -0.4 is 0 Å². The summed E-state index contributed by atoms with van der Waals surface area (Å²) in [5.41, 5.74) is 6.25. The first-order chi connectivity index (χ1) is 14.7. The topological polar surface area (TPSA) is 80.4 Å². The highest BCUT2D eigenvalue weighted by molar-refractivity contribution is 5.89. The summed E-state index contributed by atoms with van der Waals surface area (Å²) >= 11 is 0. The molecule has 0 saturated heterocycles. The minimum Gasteiger partial charge on any atom is -0.478 e. The van der Waals surface area contributed by atoms with Gasteiger partial charge in [0.15, 0.2) is 5.65 Å². The van der Waals surface area contributed by atoms with Crippen LogP contribution in [0, 0.1) is 0 Å². The molecule has 0 saturated carbocycles.